The van der Waals surface area contributed by atoms with Crippen molar-refractivity contribution in [3.8, 4) is 5.75 Å². The lowest BCUT2D eigenvalue weighted by Crippen LogP contribution is -2.17. The molecule has 0 saturated carbocycles. The highest BCUT2D eigenvalue weighted by Gasteiger charge is 2.15. The predicted octanol–water partition coefficient (Wildman–Crippen LogP) is 2.01. The standard InChI is InChI=1S/C18H17N7O2/c1-27-14-9-7-12(8-10-14)11-25-16-15(20-24-25)17(22-23-18(16)26)21-19-13-5-3-2-4-6-13/h2-10,19H,11H2,1H3,(H,21,22)(H,23,26). The molecule has 4 rings (SSSR count). The van der Waals surface area contributed by atoms with Gasteiger partial charge in [-0.3, -0.25) is 15.6 Å². The molecular weight excluding hydrogens is 346 g/mol. The lowest BCUT2D eigenvalue weighted by atomic mass is 10.2. The molecule has 0 spiro atoms. The van der Waals surface area contributed by atoms with E-state index in [9.17, 15) is 4.79 Å². The first-order valence-electron chi connectivity index (χ1n) is 8.26. The Morgan fingerprint density at radius 3 is 2.59 bits per heavy atom. The molecular formula is C18H17N7O2. The van der Waals surface area contributed by atoms with E-state index >= 15 is 0 Å². The molecule has 2 aromatic carbocycles. The van der Waals surface area contributed by atoms with Gasteiger partial charge in [-0.15, -0.1) is 5.10 Å². The maximum absolute atomic E-state index is 12.3. The number of H-pyrrole nitrogens is 1. The van der Waals surface area contributed by atoms with Gasteiger partial charge < -0.3 is 4.74 Å². The van der Waals surface area contributed by atoms with Crippen molar-refractivity contribution < 1.29 is 4.74 Å². The fourth-order valence-electron chi connectivity index (χ4n) is 2.66. The van der Waals surface area contributed by atoms with Crippen molar-refractivity contribution in [2.24, 2.45) is 0 Å². The minimum atomic E-state index is -0.353. The van der Waals surface area contributed by atoms with Gasteiger partial charge in [-0.25, -0.2) is 9.78 Å². The Balaban J connectivity index is 1.62. The number of nitrogens with one attached hydrogen (secondary N) is 3. The number of hydrogen-bond acceptors (Lipinski definition) is 7. The van der Waals surface area contributed by atoms with E-state index in [2.05, 4.69) is 31.4 Å². The Morgan fingerprint density at radius 2 is 1.85 bits per heavy atom. The van der Waals surface area contributed by atoms with Gasteiger partial charge in [0, 0.05) is 0 Å². The second kappa shape index (κ2) is 7.16. The highest BCUT2D eigenvalue weighted by Crippen LogP contribution is 2.17. The Labute approximate surface area is 154 Å². The van der Waals surface area contributed by atoms with Crippen LogP contribution in [0.5, 0.6) is 5.75 Å². The van der Waals surface area contributed by atoms with Gasteiger partial charge in [-0.1, -0.05) is 35.5 Å². The van der Waals surface area contributed by atoms with Gasteiger partial charge in [-0.2, -0.15) is 5.10 Å². The SMILES string of the molecule is COc1ccc(Cn2nnc3c(NNc4ccccc4)n[nH]c(=O)c32)cc1. The molecule has 0 unspecified atom stereocenters. The number of benzene rings is 2. The van der Waals surface area contributed by atoms with Crippen molar-refractivity contribution in [3.63, 3.8) is 0 Å². The fraction of sp³-hybridized carbons (Fsp3) is 0.111. The number of aromatic amines is 1. The Bertz CT molecular complexity index is 1100. The molecule has 2 aromatic heterocycles. The van der Waals surface area contributed by atoms with Crippen molar-refractivity contribution in [3.05, 3.63) is 70.5 Å². The number of methoxy groups -OCH3 is 1. The number of rotatable bonds is 6. The van der Waals surface area contributed by atoms with Gasteiger partial charge in [0.05, 0.1) is 19.3 Å². The summed E-state index contributed by atoms with van der Waals surface area (Å²) in [5.41, 5.74) is 8.18. The quantitative estimate of drug-likeness (QED) is 0.450. The highest BCUT2D eigenvalue weighted by molar-refractivity contribution is 5.84. The first kappa shape index (κ1) is 16.6. The number of ether oxygens (including phenoxy) is 1. The van der Waals surface area contributed by atoms with Gasteiger partial charge >= 0.3 is 0 Å². The number of nitrogens with zero attached hydrogens (tertiary/aromatic N) is 4. The summed E-state index contributed by atoms with van der Waals surface area (Å²) in [5.74, 6) is 1.15. The summed E-state index contributed by atoms with van der Waals surface area (Å²) in [7, 11) is 1.62. The van der Waals surface area contributed by atoms with Crippen LogP contribution < -0.4 is 21.1 Å². The number of para-hydroxylation sites is 1. The molecule has 2 heterocycles. The van der Waals surface area contributed by atoms with Crippen LogP contribution in [0.1, 0.15) is 5.56 Å². The van der Waals surface area contributed by atoms with Gasteiger partial charge in [0.15, 0.2) is 16.9 Å². The summed E-state index contributed by atoms with van der Waals surface area (Å²) in [6.45, 7) is 0.402. The summed E-state index contributed by atoms with van der Waals surface area (Å²) >= 11 is 0. The number of hydrogen-bond donors (Lipinski definition) is 3. The van der Waals surface area contributed by atoms with Gasteiger partial charge in [-0.05, 0) is 29.8 Å². The summed E-state index contributed by atoms with van der Waals surface area (Å²) < 4.78 is 6.71. The predicted molar refractivity (Wildman–Crippen MR) is 102 cm³/mol. The monoisotopic (exact) mass is 363 g/mol. The first-order chi connectivity index (χ1) is 13.2. The van der Waals surface area contributed by atoms with Crippen molar-refractivity contribution in [2.45, 2.75) is 6.54 Å². The van der Waals surface area contributed by atoms with E-state index in [1.54, 1.807) is 11.8 Å². The Hall–Kier alpha value is -3.88. The molecule has 136 valence electrons. The second-order valence-corrected chi connectivity index (χ2v) is 5.81. The normalized spacial score (nSPS) is 10.7. The number of anilines is 2. The molecule has 0 radical (unpaired) electrons. The molecule has 0 aliphatic rings. The summed E-state index contributed by atoms with van der Waals surface area (Å²) in [4.78, 5) is 12.3. The molecule has 0 aliphatic carbocycles. The molecule has 0 bridgehead atoms. The van der Waals surface area contributed by atoms with E-state index in [0.29, 0.717) is 23.4 Å². The molecule has 0 amide bonds. The van der Waals surface area contributed by atoms with Gasteiger partial charge in [0.25, 0.3) is 5.56 Å². The van der Waals surface area contributed by atoms with Gasteiger partial charge in [0.2, 0.25) is 0 Å². The zero-order chi connectivity index (χ0) is 18.6. The van der Waals surface area contributed by atoms with Crippen molar-refractivity contribution in [1.82, 2.24) is 25.2 Å². The van der Waals surface area contributed by atoms with Crippen molar-refractivity contribution in [2.75, 3.05) is 18.0 Å². The minimum absolute atomic E-state index is 0.346. The van der Waals surface area contributed by atoms with Crippen LogP contribution in [-0.4, -0.2) is 32.3 Å². The van der Waals surface area contributed by atoms with Crippen LogP contribution in [0.4, 0.5) is 11.5 Å². The highest BCUT2D eigenvalue weighted by atomic mass is 16.5. The number of fused-ring (bicyclic) bond motifs is 1. The molecule has 0 aliphatic heterocycles. The van der Waals surface area contributed by atoms with Crippen LogP contribution in [-0.2, 0) is 6.54 Å². The molecule has 4 aromatic rings. The third kappa shape index (κ3) is 3.43. The fourth-order valence-corrected chi connectivity index (χ4v) is 2.66. The van der Waals surface area contributed by atoms with Crippen LogP contribution in [0.25, 0.3) is 11.0 Å². The lowest BCUT2D eigenvalue weighted by molar-refractivity contribution is 0.414. The average molecular weight is 363 g/mol. The molecule has 9 heteroatoms. The topological polar surface area (TPSA) is 110 Å². The smallest absolute Gasteiger partial charge is 0.292 e. The first-order valence-corrected chi connectivity index (χ1v) is 8.26. The zero-order valence-electron chi connectivity index (χ0n) is 14.5. The van der Waals surface area contributed by atoms with Crippen LogP contribution in [0.2, 0.25) is 0 Å². The van der Waals surface area contributed by atoms with E-state index in [1.807, 2.05) is 54.6 Å². The van der Waals surface area contributed by atoms with Crippen LogP contribution in [0.15, 0.2) is 59.4 Å². The third-order valence-electron chi connectivity index (χ3n) is 4.03. The van der Waals surface area contributed by atoms with Crippen molar-refractivity contribution in [1.29, 1.82) is 0 Å². The van der Waals surface area contributed by atoms with Crippen molar-refractivity contribution >= 4 is 22.5 Å². The Morgan fingerprint density at radius 1 is 1.07 bits per heavy atom. The van der Waals surface area contributed by atoms with E-state index in [4.69, 9.17) is 4.74 Å². The number of aromatic nitrogens is 5. The molecule has 3 N–H and O–H groups in total. The summed E-state index contributed by atoms with van der Waals surface area (Å²) in [6, 6.07) is 17.1. The lowest BCUT2D eigenvalue weighted by Gasteiger charge is -2.08. The minimum Gasteiger partial charge on any atom is -0.497 e. The van der Waals surface area contributed by atoms with E-state index in [1.165, 1.54) is 0 Å². The van der Waals surface area contributed by atoms with Crippen LogP contribution >= 0.6 is 0 Å². The molecule has 0 fully saturated rings. The molecule has 0 atom stereocenters. The second-order valence-electron chi connectivity index (χ2n) is 5.81. The molecule has 9 nitrogen and oxygen atoms in total. The van der Waals surface area contributed by atoms with E-state index < -0.39 is 0 Å². The summed E-state index contributed by atoms with van der Waals surface area (Å²) in [6.07, 6.45) is 0. The van der Waals surface area contributed by atoms with Gasteiger partial charge in [0.1, 0.15) is 5.75 Å². The Kier molecular flexibility index (Phi) is 4.40. The maximum Gasteiger partial charge on any atom is 0.292 e. The third-order valence-corrected chi connectivity index (χ3v) is 4.03. The average Bonchev–Trinajstić information content (AvgIpc) is 3.14. The van der Waals surface area contributed by atoms with Crippen LogP contribution in [0, 0.1) is 0 Å². The number of hydrazine groups is 1. The van der Waals surface area contributed by atoms with E-state index in [0.717, 1.165) is 17.0 Å². The zero-order valence-corrected chi connectivity index (χ0v) is 14.5. The van der Waals surface area contributed by atoms with E-state index in [-0.39, 0.29) is 5.56 Å². The van der Waals surface area contributed by atoms with Crippen LogP contribution in [0.3, 0.4) is 0 Å². The molecule has 27 heavy (non-hydrogen) atoms. The maximum atomic E-state index is 12.3. The largest absolute Gasteiger partial charge is 0.497 e. The summed E-state index contributed by atoms with van der Waals surface area (Å²) in [5, 5.41) is 14.7. The molecule has 0 saturated heterocycles.